The number of benzene rings is 2. The Kier molecular flexibility index (Phi) is 12.1. The number of hydrogen-bond acceptors (Lipinski definition) is 8. The number of unbranched alkanes of at least 4 members (excludes halogenated alkanes) is 1. The number of nitrogens with one attached hydrogen (secondary N) is 2. The molecule has 0 spiro atoms. The number of hydrogen-bond donors (Lipinski definition) is 2. The molecule has 0 aliphatic rings. The van der Waals surface area contributed by atoms with Crippen LogP contribution in [0.1, 0.15) is 24.0 Å². The first kappa shape index (κ1) is 26.2. The topological polar surface area (TPSA) is 120 Å². The van der Waals surface area contributed by atoms with E-state index in [0.29, 0.717) is 25.9 Å². The summed E-state index contributed by atoms with van der Waals surface area (Å²) in [7, 11) is 3.19. The Morgan fingerprint density at radius 3 is 1.44 bits per heavy atom. The van der Waals surface area contributed by atoms with E-state index in [1.165, 1.54) is 12.4 Å². The van der Waals surface area contributed by atoms with Gasteiger partial charge in [-0.2, -0.15) is 0 Å². The van der Waals surface area contributed by atoms with Crippen LogP contribution in [0.4, 0.5) is 0 Å². The van der Waals surface area contributed by atoms with Gasteiger partial charge in [-0.15, -0.1) is 0 Å². The van der Waals surface area contributed by atoms with Gasteiger partial charge in [0, 0.05) is 13.1 Å². The molecular formula is C24H30N4O6. The van der Waals surface area contributed by atoms with E-state index in [1.807, 2.05) is 48.5 Å². The van der Waals surface area contributed by atoms with Crippen molar-refractivity contribution in [3.63, 3.8) is 0 Å². The van der Waals surface area contributed by atoms with Gasteiger partial charge in [-0.1, -0.05) is 10.3 Å². The molecule has 0 unspecified atom stereocenters. The molecule has 10 nitrogen and oxygen atoms in total. The lowest BCUT2D eigenvalue weighted by molar-refractivity contribution is -0.126. The third-order valence-electron chi connectivity index (χ3n) is 4.42. The number of carbonyl (C=O) groups excluding carboxylic acids is 2. The highest BCUT2D eigenvalue weighted by Crippen LogP contribution is 2.10. The maximum atomic E-state index is 11.7. The zero-order valence-corrected chi connectivity index (χ0v) is 19.4. The van der Waals surface area contributed by atoms with Crippen molar-refractivity contribution in [2.75, 3.05) is 40.5 Å². The van der Waals surface area contributed by atoms with Crippen LogP contribution in [0.15, 0.2) is 58.8 Å². The van der Waals surface area contributed by atoms with Gasteiger partial charge in [-0.25, -0.2) is 0 Å². The Morgan fingerprint density at radius 1 is 0.706 bits per heavy atom. The third kappa shape index (κ3) is 11.0. The fourth-order valence-corrected chi connectivity index (χ4v) is 2.58. The first-order valence-electron chi connectivity index (χ1n) is 10.7. The molecule has 0 fully saturated rings. The minimum atomic E-state index is -0.265. The van der Waals surface area contributed by atoms with Gasteiger partial charge in [-0.05, 0) is 72.5 Å². The summed E-state index contributed by atoms with van der Waals surface area (Å²) in [6, 6.07) is 14.5. The van der Waals surface area contributed by atoms with Gasteiger partial charge in [0.1, 0.15) is 11.5 Å². The molecule has 2 rings (SSSR count). The van der Waals surface area contributed by atoms with Crippen molar-refractivity contribution in [1.29, 1.82) is 0 Å². The molecule has 0 heterocycles. The summed E-state index contributed by atoms with van der Waals surface area (Å²) in [5.74, 6) is 0.971. The molecule has 0 atom stereocenters. The average Bonchev–Trinajstić information content (AvgIpc) is 2.87. The van der Waals surface area contributed by atoms with Gasteiger partial charge < -0.3 is 29.8 Å². The van der Waals surface area contributed by atoms with Crippen LogP contribution in [0.5, 0.6) is 11.5 Å². The Labute approximate surface area is 198 Å². The van der Waals surface area contributed by atoms with Crippen molar-refractivity contribution in [2.45, 2.75) is 12.8 Å². The Morgan fingerprint density at radius 2 is 1.09 bits per heavy atom. The highest BCUT2D eigenvalue weighted by atomic mass is 16.6. The minimum absolute atomic E-state index is 0.169. The van der Waals surface area contributed by atoms with Crippen LogP contribution in [0, 0.1) is 0 Å². The summed E-state index contributed by atoms with van der Waals surface area (Å²) in [6.45, 7) is 0.612. The Balaban J connectivity index is 1.45. The lowest BCUT2D eigenvalue weighted by Gasteiger charge is -2.06. The van der Waals surface area contributed by atoms with Gasteiger partial charge in [0.15, 0.2) is 13.2 Å². The first-order chi connectivity index (χ1) is 16.6. The predicted octanol–water partition coefficient (Wildman–Crippen LogP) is 2.12. The molecule has 2 aromatic rings. The molecule has 2 aromatic carbocycles. The lowest BCUT2D eigenvalue weighted by atomic mass is 10.2. The van der Waals surface area contributed by atoms with Crippen LogP contribution in [-0.4, -0.2) is 64.8 Å². The molecule has 2 N–H and O–H groups in total. The van der Waals surface area contributed by atoms with E-state index >= 15 is 0 Å². The van der Waals surface area contributed by atoms with E-state index in [0.717, 1.165) is 22.6 Å². The number of ether oxygens (including phenoxy) is 2. The number of carbonyl (C=O) groups is 2. The molecule has 0 saturated carbocycles. The normalized spacial score (nSPS) is 10.8. The van der Waals surface area contributed by atoms with Crippen molar-refractivity contribution >= 4 is 24.2 Å². The van der Waals surface area contributed by atoms with E-state index in [2.05, 4.69) is 20.9 Å². The van der Waals surface area contributed by atoms with Crippen molar-refractivity contribution in [2.24, 2.45) is 10.3 Å². The second-order valence-corrected chi connectivity index (χ2v) is 6.97. The lowest BCUT2D eigenvalue weighted by Crippen LogP contribution is -2.30. The van der Waals surface area contributed by atoms with Crippen LogP contribution in [0.3, 0.4) is 0 Å². The maximum absolute atomic E-state index is 11.7. The van der Waals surface area contributed by atoms with Crippen LogP contribution in [0.2, 0.25) is 0 Å². The zero-order chi connectivity index (χ0) is 24.4. The molecule has 0 radical (unpaired) electrons. The number of nitrogens with zero attached hydrogens (tertiary/aromatic N) is 2. The van der Waals surface area contributed by atoms with Gasteiger partial charge >= 0.3 is 0 Å². The zero-order valence-electron chi connectivity index (χ0n) is 19.4. The average molecular weight is 471 g/mol. The third-order valence-corrected chi connectivity index (χ3v) is 4.42. The predicted molar refractivity (Wildman–Crippen MR) is 128 cm³/mol. The van der Waals surface area contributed by atoms with Crippen LogP contribution in [0.25, 0.3) is 0 Å². The number of rotatable bonds is 15. The van der Waals surface area contributed by atoms with E-state index in [4.69, 9.17) is 19.1 Å². The number of methoxy groups -OCH3 is 2. The fraction of sp³-hybridized carbons (Fsp3) is 0.333. The SMILES string of the molecule is COc1ccc(/C=N\OCC(=O)NCCCCNC(=O)CO/N=C/c2ccc(OC)cc2)cc1. The van der Waals surface area contributed by atoms with Crippen molar-refractivity contribution in [1.82, 2.24) is 10.6 Å². The van der Waals surface area contributed by atoms with Crippen LogP contribution < -0.4 is 20.1 Å². The molecule has 34 heavy (non-hydrogen) atoms. The van der Waals surface area contributed by atoms with Gasteiger partial charge in [-0.3, -0.25) is 9.59 Å². The monoisotopic (exact) mass is 470 g/mol. The minimum Gasteiger partial charge on any atom is -0.497 e. The highest BCUT2D eigenvalue weighted by Gasteiger charge is 2.02. The summed E-state index contributed by atoms with van der Waals surface area (Å²) < 4.78 is 10.2. The summed E-state index contributed by atoms with van der Waals surface area (Å²) in [6.07, 6.45) is 4.45. The number of oxime groups is 2. The van der Waals surface area contributed by atoms with Crippen molar-refractivity contribution in [3.8, 4) is 11.5 Å². The standard InChI is InChI=1S/C24H30N4O6/c1-31-21-9-5-19(6-10-21)15-27-33-17-23(29)25-13-3-4-14-26-24(30)18-34-28-16-20-7-11-22(32-2)12-8-20/h5-12,15-16H,3-4,13-14,17-18H2,1-2H3,(H,25,29)(H,26,30)/b27-15-,28-16+. The van der Waals surface area contributed by atoms with Crippen LogP contribution >= 0.6 is 0 Å². The van der Waals surface area contributed by atoms with E-state index < -0.39 is 0 Å². The van der Waals surface area contributed by atoms with Gasteiger partial charge in [0.25, 0.3) is 11.8 Å². The van der Waals surface area contributed by atoms with E-state index in [1.54, 1.807) is 14.2 Å². The van der Waals surface area contributed by atoms with Crippen molar-refractivity contribution < 1.29 is 28.7 Å². The van der Waals surface area contributed by atoms with Crippen molar-refractivity contribution in [3.05, 3.63) is 59.7 Å². The molecule has 10 heteroatoms. The van der Waals surface area contributed by atoms with Gasteiger partial charge in [0.05, 0.1) is 26.6 Å². The number of amides is 2. The summed E-state index contributed by atoms with van der Waals surface area (Å²) in [4.78, 5) is 33.4. The van der Waals surface area contributed by atoms with E-state index in [-0.39, 0.29) is 25.0 Å². The largest absolute Gasteiger partial charge is 0.497 e. The highest BCUT2D eigenvalue weighted by molar-refractivity contribution is 5.80. The molecule has 0 aliphatic heterocycles. The molecule has 182 valence electrons. The van der Waals surface area contributed by atoms with Crippen LogP contribution in [-0.2, 0) is 19.3 Å². The quantitative estimate of drug-likeness (QED) is 0.234. The molecule has 0 saturated heterocycles. The molecule has 2 amide bonds. The first-order valence-corrected chi connectivity index (χ1v) is 10.7. The Bertz CT molecular complexity index is 852. The Hall–Kier alpha value is -4.08. The summed E-state index contributed by atoms with van der Waals surface area (Å²) >= 11 is 0. The molecule has 0 bridgehead atoms. The summed E-state index contributed by atoms with van der Waals surface area (Å²) in [5.41, 5.74) is 1.66. The molecule has 0 aliphatic carbocycles. The molecule has 0 aromatic heterocycles. The maximum Gasteiger partial charge on any atom is 0.260 e. The summed E-state index contributed by atoms with van der Waals surface area (Å²) in [5, 5.41) is 13.0. The fourth-order valence-electron chi connectivity index (χ4n) is 2.58. The van der Waals surface area contributed by atoms with E-state index in [9.17, 15) is 9.59 Å². The van der Waals surface area contributed by atoms with Gasteiger partial charge in [0.2, 0.25) is 0 Å². The second kappa shape index (κ2) is 15.7. The molecular weight excluding hydrogens is 440 g/mol. The smallest absolute Gasteiger partial charge is 0.260 e. The second-order valence-electron chi connectivity index (χ2n) is 6.97.